The van der Waals surface area contributed by atoms with Gasteiger partial charge in [0.25, 0.3) is 0 Å². The van der Waals surface area contributed by atoms with Gasteiger partial charge in [-0.1, -0.05) is 12.1 Å². The van der Waals surface area contributed by atoms with Crippen molar-refractivity contribution in [2.24, 2.45) is 0 Å². The van der Waals surface area contributed by atoms with E-state index < -0.39 is 0 Å². The molecule has 5 heteroatoms. The van der Waals surface area contributed by atoms with Crippen LogP contribution in [0.3, 0.4) is 0 Å². The number of nitrogens with one attached hydrogen (secondary N) is 1. The topological polar surface area (TPSA) is 43.4 Å². The predicted octanol–water partition coefficient (Wildman–Crippen LogP) is 1.98. The molecule has 1 aliphatic heterocycles. The van der Waals surface area contributed by atoms with Gasteiger partial charge in [0.15, 0.2) is 0 Å². The van der Waals surface area contributed by atoms with E-state index in [1.54, 1.807) is 12.3 Å². The minimum atomic E-state index is -0.356. The lowest BCUT2D eigenvalue weighted by atomic mass is 9.80. The maximum absolute atomic E-state index is 5.97. The summed E-state index contributed by atoms with van der Waals surface area (Å²) in [6.07, 6.45) is 3.58. The molecule has 0 radical (unpaired) electrons. The lowest BCUT2D eigenvalue weighted by Gasteiger charge is -2.32. The largest absolute Gasteiger partial charge is 0.496 e. The predicted molar refractivity (Wildman–Crippen MR) is 78.6 cm³/mol. The fourth-order valence-corrected chi connectivity index (χ4v) is 1.81. The van der Waals surface area contributed by atoms with Gasteiger partial charge in [-0.15, -0.1) is 6.58 Å². The molecule has 1 aliphatic rings. The zero-order valence-corrected chi connectivity index (χ0v) is 12.1. The maximum Gasteiger partial charge on any atom is 0.496 e. The van der Waals surface area contributed by atoms with Crippen LogP contribution in [-0.4, -0.2) is 29.8 Å². The third-order valence-electron chi connectivity index (χ3n) is 3.74. The fraction of sp³-hybridized carbons (Fsp3) is 0.500. The van der Waals surface area contributed by atoms with Crippen LogP contribution in [0.5, 0.6) is 0 Å². The zero-order chi connectivity index (χ0) is 14.1. The van der Waals surface area contributed by atoms with Gasteiger partial charge < -0.3 is 14.6 Å². The summed E-state index contributed by atoms with van der Waals surface area (Å²) in [7, 11) is -0.356. The first-order chi connectivity index (χ1) is 8.86. The second kappa shape index (κ2) is 4.98. The molecule has 2 rings (SSSR count). The van der Waals surface area contributed by atoms with Crippen LogP contribution >= 0.6 is 0 Å². The van der Waals surface area contributed by atoms with Gasteiger partial charge in [-0.25, -0.2) is 4.98 Å². The highest BCUT2D eigenvalue weighted by Crippen LogP contribution is 2.36. The molecule has 1 aromatic rings. The third kappa shape index (κ3) is 2.82. The SMILES string of the molecule is C=CCNc1ccc(B2OC(C)(C)C(C)(C)O2)cn1. The Hall–Kier alpha value is -1.33. The number of hydrogen-bond acceptors (Lipinski definition) is 4. The molecule has 0 amide bonds. The Labute approximate surface area is 115 Å². The van der Waals surface area contributed by atoms with Crippen molar-refractivity contribution in [1.29, 1.82) is 0 Å². The number of rotatable bonds is 4. The first-order valence-electron chi connectivity index (χ1n) is 6.52. The van der Waals surface area contributed by atoms with Crippen molar-refractivity contribution >= 4 is 18.4 Å². The van der Waals surface area contributed by atoms with Crippen LogP contribution < -0.4 is 10.8 Å². The Morgan fingerprint density at radius 1 is 1.26 bits per heavy atom. The Balaban J connectivity index is 2.10. The molecular weight excluding hydrogens is 239 g/mol. The summed E-state index contributed by atoms with van der Waals surface area (Å²) in [4.78, 5) is 4.34. The highest BCUT2D eigenvalue weighted by Gasteiger charge is 2.51. The van der Waals surface area contributed by atoms with Crippen LogP contribution in [0.1, 0.15) is 27.7 Å². The number of pyridine rings is 1. The average Bonchev–Trinajstić information content (AvgIpc) is 2.56. The van der Waals surface area contributed by atoms with Crippen LogP contribution in [-0.2, 0) is 9.31 Å². The van der Waals surface area contributed by atoms with E-state index in [4.69, 9.17) is 9.31 Å². The van der Waals surface area contributed by atoms with Crippen LogP contribution in [0, 0.1) is 0 Å². The van der Waals surface area contributed by atoms with Gasteiger partial charge in [-0.3, -0.25) is 0 Å². The molecule has 1 fully saturated rings. The summed E-state index contributed by atoms with van der Waals surface area (Å²) in [5.74, 6) is 0.820. The molecule has 0 aliphatic carbocycles. The van der Waals surface area contributed by atoms with Gasteiger partial charge in [0.05, 0.1) is 11.2 Å². The molecule has 1 N–H and O–H groups in total. The highest BCUT2D eigenvalue weighted by molar-refractivity contribution is 6.62. The van der Waals surface area contributed by atoms with E-state index in [0.717, 1.165) is 11.3 Å². The van der Waals surface area contributed by atoms with Crippen LogP contribution in [0.4, 0.5) is 5.82 Å². The molecule has 0 saturated carbocycles. The molecule has 0 bridgehead atoms. The standard InChI is InChI=1S/C14H21BN2O2/c1-6-9-16-12-8-7-11(10-17-12)15-18-13(2,3)14(4,5)19-15/h6-8,10H,1,9H2,2-5H3,(H,16,17). The molecule has 102 valence electrons. The van der Waals surface area contributed by atoms with Gasteiger partial charge >= 0.3 is 7.12 Å². The zero-order valence-electron chi connectivity index (χ0n) is 12.1. The van der Waals surface area contributed by atoms with Crippen LogP contribution in [0.25, 0.3) is 0 Å². The van der Waals surface area contributed by atoms with Crippen molar-refractivity contribution in [3.63, 3.8) is 0 Å². The fourth-order valence-electron chi connectivity index (χ4n) is 1.81. The maximum atomic E-state index is 5.97. The normalized spacial score (nSPS) is 20.3. The summed E-state index contributed by atoms with van der Waals surface area (Å²) in [6.45, 7) is 12.5. The van der Waals surface area contributed by atoms with Gasteiger partial charge in [0, 0.05) is 18.2 Å². The van der Waals surface area contributed by atoms with Crippen LogP contribution in [0.15, 0.2) is 31.0 Å². The van der Waals surface area contributed by atoms with E-state index in [0.29, 0.717) is 6.54 Å². The summed E-state index contributed by atoms with van der Waals surface area (Å²) in [5.41, 5.74) is 0.289. The van der Waals surface area contributed by atoms with Crippen molar-refractivity contribution in [2.45, 2.75) is 38.9 Å². The second-order valence-corrected chi connectivity index (χ2v) is 5.73. The molecule has 1 aromatic heterocycles. The highest BCUT2D eigenvalue weighted by atomic mass is 16.7. The van der Waals surface area contributed by atoms with E-state index in [-0.39, 0.29) is 18.3 Å². The van der Waals surface area contributed by atoms with Crippen molar-refractivity contribution < 1.29 is 9.31 Å². The Kier molecular flexibility index (Phi) is 3.70. The second-order valence-electron chi connectivity index (χ2n) is 5.73. The molecule has 0 spiro atoms. The van der Waals surface area contributed by atoms with E-state index in [9.17, 15) is 0 Å². The third-order valence-corrected chi connectivity index (χ3v) is 3.74. The molecule has 0 aromatic carbocycles. The lowest BCUT2D eigenvalue weighted by molar-refractivity contribution is 0.00578. The Bertz CT molecular complexity index is 441. The van der Waals surface area contributed by atoms with Gasteiger partial charge in [-0.05, 0) is 33.8 Å². The number of nitrogens with zero attached hydrogens (tertiary/aromatic N) is 1. The first-order valence-corrected chi connectivity index (χ1v) is 6.52. The quantitative estimate of drug-likeness (QED) is 0.664. The van der Waals surface area contributed by atoms with E-state index in [2.05, 4.69) is 16.9 Å². The number of aromatic nitrogens is 1. The van der Waals surface area contributed by atoms with Crippen molar-refractivity contribution in [3.8, 4) is 0 Å². The smallest absolute Gasteiger partial charge is 0.399 e. The minimum Gasteiger partial charge on any atom is -0.399 e. The van der Waals surface area contributed by atoms with Gasteiger partial charge in [-0.2, -0.15) is 0 Å². The van der Waals surface area contributed by atoms with E-state index >= 15 is 0 Å². The molecule has 4 nitrogen and oxygen atoms in total. The molecule has 0 unspecified atom stereocenters. The summed E-state index contributed by atoms with van der Waals surface area (Å²) >= 11 is 0. The summed E-state index contributed by atoms with van der Waals surface area (Å²) < 4.78 is 11.9. The molecule has 2 heterocycles. The van der Waals surface area contributed by atoms with E-state index in [1.807, 2.05) is 39.8 Å². The summed E-state index contributed by atoms with van der Waals surface area (Å²) in [6, 6.07) is 3.89. The Morgan fingerprint density at radius 2 is 1.89 bits per heavy atom. The van der Waals surface area contributed by atoms with Crippen LogP contribution in [0.2, 0.25) is 0 Å². The van der Waals surface area contributed by atoms with E-state index in [1.165, 1.54) is 0 Å². The van der Waals surface area contributed by atoms with Crippen molar-refractivity contribution in [1.82, 2.24) is 4.98 Å². The van der Waals surface area contributed by atoms with Gasteiger partial charge in [0.1, 0.15) is 5.82 Å². The number of hydrogen-bond donors (Lipinski definition) is 1. The lowest BCUT2D eigenvalue weighted by Crippen LogP contribution is -2.41. The Morgan fingerprint density at radius 3 is 2.37 bits per heavy atom. The first kappa shape index (κ1) is 14.1. The minimum absolute atomic E-state index is 0.322. The molecule has 1 saturated heterocycles. The molecule has 19 heavy (non-hydrogen) atoms. The average molecular weight is 260 g/mol. The monoisotopic (exact) mass is 260 g/mol. The molecule has 0 atom stereocenters. The van der Waals surface area contributed by atoms with Crippen molar-refractivity contribution in [3.05, 3.63) is 31.0 Å². The number of anilines is 1. The van der Waals surface area contributed by atoms with Crippen molar-refractivity contribution in [2.75, 3.05) is 11.9 Å². The van der Waals surface area contributed by atoms with Gasteiger partial charge in [0.2, 0.25) is 0 Å². The molecular formula is C14H21BN2O2. The summed E-state index contributed by atoms with van der Waals surface area (Å²) in [5, 5.41) is 3.13.